The molecule has 0 atom stereocenters. The predicted molar refractivity (Wildman–Crippen MR) is 103 cm³/mol. The molecule has 3 aromatic rings. The van der Waals surface area contributed by atoms with Gasteiger partial charge in [0.2, 0.25) is 5.76 Å². The van der Waals surface area contributed by atoms with Crippen LogP contribution in [-0.2, 0) is 16.1 Å². The molecule has 0 saturated carbocycles. The van der Waals surface area contributed by atoms with Crippen molar-refractivity contribution in [1.82, 2.24) is 9.78 Å². The molecule has 0 aliphatic rings. The van der Waals surface area contributed by atoms with Crippen LogP contribution in [0.4, 0.5) is 5.69 Å². The minimum absolute atomic E-state index is 0.0467. The second-order valence-corrected chi connectivity index (χ2v) is 6.80. The van der Waals surface area contributed by atoms with Crippen LogP contribution in [-0.4, -0.2) is 28.3 Å². The minimum atomic E-state index is -0.689. The number of ether oxygens (including phenoxy) is 1. The van der Waals surface area contributed by atoms with E-state index in [9.17, 15) is 9.59 Å². The quantitative estimate of drug-likeness (QED) is 0.447. The van der Waals surface area contributed by atoms with Crippen molar-refractivity contribution in [1.29, 1.82) is 0 Å². The molecular formula is C18H16IN3O4. The largest absolute Gasteiger partial charge is 0.452 e. The number of benzene rings is 1. The number of hydrogen-bond donors (Lipinski definition) is 1. The monoisotopic (exact) mass is 465 g/mol. The van der Waals surface area contributed by atoms with Gasteiger partial charge in [0.1, 0.15) is 5.76 Å². The van der Waals surface area contributed by atoms with Gasteiger partial charge >= 0.3 is 5.97 Å². The van der Waals surface area contributed by atoms with Gasteiger partial charge in [-0.3, -0.25) is 9.48 Å². The highest BCUT2D eigenvalue weighted by molar-refractivity contribution is 14.1. The van der Waals surface area contributed by atoms with Gasteiger partial charge in [-0.05, 0) is 71.5 Å². The van der Waals surface area contributed by atoms with Gasteiger partial charge in [-0.25, -0.2) is 4.79 Å². The van der Waals surface area contributed by atoms with Crippen LogP contribution in [0.1, 0.15) is 21.9 Å². The van der Waals surface area contributed by atoms with Crippen molar-refractivity contribution in [2.75, 3.05) is 11.9 Å². The molecule has 0 aliphatic carbocycles. The third-order valence-corrected chi connectivity index (χ3v) is 4.21. The molecule has 134 valence electrons. The second kappa shape index (κ2) is 8.17. The highest BCUT2D eigenvalue weighted by Gasteiger charge is 2.15. The molecular weight excluding hydrogens is 449 g/mol. The van der Waals surface area contributed by atoms with Crippen LogP contribution in [0.5, 0.6) is 0 Å². The Labute approximate surface area is 163 Å². The van der Waals surface area contributed by atoms with Crippen molar-refractivity contribution in [2.45, 2.75) is 13.5 Å². The number of rotatable bonds is 6. The highest BCUT2D eigenvalue weighted by atomic mass is 127. The summed E-state index contributed by atoms with van der Waals surface area (Å²) >= 11 is 2.20. The van der Waals surface area contributed by atoms with E-state index in [1.54, 1.807) is 29.2 Å². The fourth-order valence-corrected chi connectivity index (χ4v) is 2.93. The smallest absolute Gasteiger partial charge is 0.374 e. The van der Waals surface area contributed by atoms with Crippen molar-refractivity contribution in [3.05, 3.63) is 69.4 Å². The van der Waals surface area contributed by atoms with Crippen LogP contribution in [0.3, 0.4) is 0 Å². The lowest BCUT2D eigenvalue weighted by molar-refractivity contribution is -0.119. The van der Waals surface area contributed by atoms with Crippen molar-refractivity contribution < 1.29 is 18.7 Å². The lowest BCUT2D eigenvalue weighted by atomic mass is 10.2. The maximum absolute atomic E-state index is 12.0. The Morgan fingerprint density at radius 2 is 2.15 bits per heavy atom. The van der Waals surface area contributed by atoms with Gasteiger partial charge in [0.15, 0.2) is 6.61 Å². The SMILES string of the molecule is Cc1cc(I)ccc1NC(=O)COC(=O)c1ccc(Cn2cccn2)o1. The summed E-state index contributed by atoms with van der Waals surface area (Å²) < 4.78 is 13.2. The van der Waals surface area contributed by atoms with Crippen LogP contribution in [0.25, 0.3) is 0 Å². The van der Waals surface area contributed by atoms with Gasteiger partial charge in [0.25, 0.3) is 5.91 Å². The third kappa shape index (κ3) is 4.72. The number of esters is 1. The number of carbonyl (C=O) groups excluding carboxylic acids is 2. The number of halogens is 1. The van der Waals surface area contributed by atoms with Gasteiger partial charge in [-0.1, -0.05) is 0 Å². The molecule has 3 rings (SSSR count). The highest BCUT2D eigenvalue weighted by Crippen LogP contribution is 2.17. The number of furan rings is 1. The number of nitrogens with one attached hydrogen (secondary N) is 1. The van der Waals surface area contributed by atoms with Crippen LogP contribution in [0.2, 0.25) is 0 Å². The lowest BCUT2D eigenvalue weighted by Crippen LogP contribution is -2.21. The summed E-state index contributed by atoms with van der Waals surface area (Å²) in [6, 6.07) is 10.6. The van der Waals surface area contributed by atoms with E-state index in [0.29, 0.717) is 18.0 Å². The molecule has 26 heavy (non-hydrogen) atoms. The molecule has 1 N–H and O–H groups in total. The Bertz CT molecular complexity index is 918. The first kappa shape index (κ1) is 18.2. The fraction of sp³-hybridized carbons (Fsp3) is 0.167. The Hall–Kier alpha value is -2.62. The van der Waals surface area contributed by atoms with E-state index in [0.717, 1.165) is 9.13 Å². The van der Waals surface area contributed by atoms with Crippen molar-refractivity contribution >= 4 is 40.2 Å². The van der Waals surface area contributed by atoms with Gasteiger partial charge in [-0.15, -0.1) is 0 Å². The number of aryl methyl sites for hydroxylation is 1. The number of carbonyl (C=O) groups is 2. The van der Waals surface area contributed by atoms with E-state index in [2.05, 4.69) is 33.0 Å². The average molecular weight is 465 g/mol. The first-order valence-electron chi connectivity index (χ1n) is 7.80. The number of amides is 1. The van der Waals surface area contributed by atoms with E-state index in [1.807, 2.05) is 25.1 Å². The van der Waals surface area contributed by atoms with Crippen molar-refractivity contribution in [2.24, 2.45) is 0 Å². The second-order valence-electron chi connectivity index (χ2n) is 5.55. The Balaban J connectivity index is 1.52. The molecule has 0 aliphatic heterocycles. The number of hydrogen-bond acceptors (Lipinski definition) is 5. The van der Waals surface area contributed by atoms with E-state index >= 15 is 0 Å². The molecule has 0 spiro atoms. The molecule has 0 fully saturated rings. The molecule has 0 unspecified atom stereocenters. The Morgan fingerprint density at radius 1 is 1.31 bits per heavy atom. The summed E-state index contributed by atoms with van der Waals surface area (Å²) in [6.45, 7) is 1.92. The van der Waals surface area contributed by atoms with E-state index < -0.39 is 11.9 Å². The van der Waals surface area contributed by atoms with E-state index in [1.165, 1.54) is 6.07 Å². The number of aromatic nitrogens is 2. The molecule has 2 heterocycles. The normalized spacial score (nSPS) is 10.5. The zero-order valence-electron chi connectivity index (χ0n) is 13.9. The maximum atomic E-state index is 12.0. The predicted octanol–water partition coefficient (Wildman–Crippen LogP) is 3.23. The summed E-state index contributed by atoms with van der Waals surface area (Å²) in [5.74, 6) is -0.484. The van der Waals surface area contributed by atoms with Gasteiger partial charge in [0.05, 0.1) is 6.54 Å². The van der Waals surface area contributed by atoms with Crippen molar-refractivity contribution in [3.8, 4) is 0 Å². The number of nitrogens with zero attached hydrogens (tertiary/aromatic N) is 2. The molecule has 0 radical (unpaired) electrons. The Morgan fingerprint density at radius 3 is 2.88 bits per heavy atom. The molecule has 1 aromatic carbocycles. The summed E-state index contributed by atoms with van der Waals surface area (Å²) in [4.78, 5) is 24.0. The zero-order chi connectivity index (χ0) is 18.5. The first-order valence-corrected chi connectivity index (χ1v) is 8.88. The molecule has 7 nitrogen and oxygen atoms in total. The van der Waals surface area contributed by atoms with Gasteiger partial charge in [-0.2, -0.15) is 5.10 Å². The summed E-state index contributed by atoms with van der Waals surface area (Å²) in [5, 5.41) is 6.78. The molecule has 0 saturated heterocycles. The molecule has 2 aromatic heterocycles. The topological polar surface area (TPSA) is 86.4 Å². The van der Waals surface area contributed by atoms with E-state index in [4.69, 9.17) is 9.15 Å². The fourth-order valence-electron chi connectivity index (χ4n) is 2.28. The van der Waals surface area contributed by atoms with Crippen LogP contribution < -0.4 is 5.32 Å². The third-order valence-electron chi connectivity index (χ3n) is 3.54. The van der Waals surface area contributed by atoms with Crippen molar-refractivity contribution in [3.63, 3.8) is 0 Å². The number of anilines is 1. The van der Waals surface area contributed by atoms with E-state index in [-0.39, 0.29) is 12.4 Å². The first-order chi connectivity index (χ1) is 12.5. The van der Waals surface area contributed by atoms with Crippen LogP contribution >= 0.6 is 22.6 Å². The van der Waals surface area contributed by atoms with Crippen LogP contribution in [0.15, 0.2) is 53.2 Å². The van der Waals surface area contributed by atoms with Gasteiger partial charge < -0.3 is 14.5 Å². The lowest BCUT2D eigenvalue weighted by Gasteiger charge is -2.08. The maximum Gasteiger partial charge on any atom is 0.374 e. The van der Waals surface area contributed by atoms with Gasteiger partial charge in [0, 0.05) is 21.7 Å². The molecule has 1 amide bonds. The van der Waals surface area contributed by atoms with Crippen LogP contribution in [0, 0.1) is 10.5 Å². The zero-order valence-corrected chi connectivity index (χ0v) is 16.1. The summed E-state index contributed by atoms with van der Waals surface area (Å²) in [6.07, 6.45) is 3.45. The Kier molecular flexibility index (Phi) is 5.71. The minimum Gasteiger partial charge on any atom is -0.452 e. The average Bonchev–Trinajstić information content (AvgIpc) is 3.28. The summed E-state index contributed by atoms with van der Waals surface area (Å²) in [7, 11) is 0. The molecule has 8 heteroatoms. The summed E-state index contributed by atoms with van der Waals surface area (Å²) in [5.41, 5.74) is 1.62. The standard InChI is InChI=1S/C18H16IN3O4/c1-12-9-13(19)3-5-15(12)21-17(23)11-25-18(24)16-6-4-14(26-16)10-22-8-2-7-20-22/h2-9H,10-11H2,1H3,(H,21,23). The molecule has 0 bridgehead atoms.